The molecule has 6 heteroatoms. The number of H-pyrrole nitrogens is 1. The lowest BCUT2D eigenvalue weighted by Crippen LogP contribution is -2.35. The molecule has 2 aromatic carbocycles. The fourth-order valence-electron chi connectivity index (χ4n) is 3.22. The molecule has 2 heterocycles. The van der Waals surface area contributed by atoms with Gasteiger partial charge in [0, 0.05) is 36.2 Å². The zero-order chi connectivity index (χ0) is 17.9. The van der Waals surface area contributed by atoms with Crippen LogP contribution >= 0.6 is 11.6 Å². The van der Waals surface area contributed by atoms with Gasteiger partial charge in [-0.2, -0.15) is 0 Å². The van der Waals surface area contributed by atoms with Crippen molar-refractivity contribution >= 4 is 34.1 Å². The molecule has 0 aliphatic carbocycles. The van der Waals surface area contributed by atoms with E-state index in [4.69, 9.17) is 16.3 Å². The Balaban J connectivity index is 1.50. The molecule has 5 nitrogen and oxygen atoms in total. The maximum absolute atomic E-state index is 12.7. The molecule has 3 aromatic rings. The molecule has 2 N–H and O–H groups in total. The predicted octanol–water partition coefficient (Wildman–Crippen LogP) is 3.91. The number of nitrogens with zero attached hydrogens (tertiary/aromatic N) is 1. The number of amides is 1. The number of hydrogen-bond acceptors (Lipinski definition) is 3. The van der Waals surface area contributed by atoms with Crippen LogP contribution in [-0.4, -0.2) is 42.1 Å². The third-order valence-electron chi connectivity index (χ3n) is 4.56. The van der Waals surface area contributed by atoms with Crippen LogP contribution in [0.15, 0.2) is 48.5 Å². The zero-order valence-corrected chi connectivity index (χ0v) is 15.1. The van der Waals surface area contributed by atoms with E-state index in [2.05, 4.69) is 21.3 Å². The molecule has 1 fully saturated rings. The lowest BCUT2D eigenvalue weighted by molar-refractivity contribution is 0.0342. The van der Waals surface area contributed by atoms with Gasteiger partial charge in [-0.1, -0.05) is 41.9 Å². The summed E-state index contributed by atoms with van der Waals surface area (Å²) in [5.74, 6) is -0.241. The third-order valence-corrected chi connectivity index (χ3v) is 4.96. The summed E-state index contributed by atoms with van der Waals surface area (Å²) in [7, 11) is 0. The van der Waals surface area contributed by atoms with E-state index in [1.165, 1.54) is 0 Å². The zero-order valence-electron chi connectivity index (χ0n) is 14.3. The van der Waals surface area contributed by atoms with E-state index in [1.807, 2.05) is 42.5 Å². The number of rotatable bonds is 4. The van der Waals surface area contributed by atoms with Crippen molar-refractivity contribution in [3.63, 3.8) is 0 Å². The third kappa shape index (κ3) is 3.60. The molecule has 1 aliphatic rings. The van der Waals surface area contributed by atoms with Gasteiger partial charge >= 0.3 is 0 Å². The number of para-hydroxylation sites is 1. The van der Waals surface area contributed by atoms with Crippen molar-refractivity contribution in [2.24, 2.45) is 0 Å². The molecule has 0 atom stereocenters. The largest absolute Gasteiger partial charge is 0.379 e. The molecular weight excluding hydrogens is 350 g/mol. The van der Waals surface area contributed by atoms with Gasteiger partial charge in [0.05, 0.1) is 18.2 Å². The van der Waals surface area contributed by atoms with Crippen molar-refractivity contribution in [1.29, 1.82) is 0 Å². The number of carbonyl (C=O) groups excluding carboxylic acids is 1. The first-order chi connectivity index (χ1) is 12.7. The molecular formula is C20H20ClN3O2. The van der Waals surface area contributed by atoms with Crippen molar-refractivity contribution in [2.45, 2.75) is 6.54 Å². The Labute approximate surface area is 156 Å². The number of anilines is 1. The summed E-state index contributed by atoms with van der Waals surface area (Å²) in [6, 6.07) is 15.5. The van der Waals surface area contributed by atoms with Gasteiger partial charge in [0.2, 0.25) is 0 Å². The van der Waals surface area contributed by atoms with Gasteiger partial charge in [-0.25, -0.2) is 0 Å². The maximum Gasteiger partial charge on any atom is 0.273 e. The monoisotopic (exact) mass is 369 g/mol. The van der Waals surface area contributed by atoms with Crippen molar-refractivity contribution in [3.8, 4) is 0 Å². The van der Waals surface area contributed by atoms with E-state index in [0.717, 1.165) is 55.0 Å². The summed E-state index contributed by atoms with van der Waals surface area (Å²) in [6.45, 7) is 4.26. The number of fused-ring (bicyclic) bond motifs is 1. The summed E-state index contributed by atoms with van der Waals surface area (Å²) >= 11 is 6.37. The Morgan fingerprint density at radius 3 is 2.77 bits per heavy atom. The number of carbonyl (C=O) groups is 1. The Kier molecular flexibility index (Phi) is 4.93. The van der Waals surface area contributed by atoms with Crippen molar-refractivity contribution in [1.82, 2.24) is 9.88 Å². The molecule has 0 saturated carbocycles. The first kappa shape index (κ1) is 17.1. The maximum atomic E-state index is 12.7. The van der Waals surface area contributed by atoms with Gasteiger partial charge in [-0.3, -0.25) is 9.69 Å². The molecule has 0 spiro atoms. The number of hydrogen-bond donors (Lipinski definition) is 2. The molecule has 1 aromatic heterocycles. The summed E-state index contributed by atoms with van der Waals surface area (Å²) in [6.07, 6.45) is 0. The van der Waals surface area contributed by atoms with Gasteiger partial charge in [-0.15, -0.1) is 0 Å². The number of aromatic amines is 1. The fraction of sp³-hybridized carbons (Fsp3) is 0.250. The quantitative estimate of drug-likeness (QED) is 0.733. The number of ether oxygens (including phenoxy) is 1. The number of benzene rings is 2. The molecule has 134 valence electrons. The van der Waals surface area contributed by atoms with Crippen LogP contribution in [0.4, 0.5) is 5.69 Å². The minimum absolute atomic E-state index is 0.241. The molecule has 4 rings (SSSR count). The molecule has 0 radical (unpaired) electrons. The van der Waals surface area contributed by atoms with E-state index in [0.29, 0.717) is 10.7 Å². The van der Waals surface area contributed by atoms with Gasteiger partial charge in [0.1, 0.15) is 5.69 Å². The van der Waals surface area contributed by atoms with Crippen LogP contribution in [0.3, 0.4) is 0 Å². The Morgan fingerprint density at radius 1 is 1.15 bits per heavy atom. The average Bonchev–Trinajstić information content (AvgIpc) is 3.00. The lowest BCUT2D eigenvalue weighted by Gasteiger charge is -2.26. The highest BCUT2D eigenvalue weighted by Gasteiger charge is 2.17. The van der Waals surface area contributed by atoms with Crippen LogP contribution in [0, 0.1) is 0 Å². The van der Waals surface area contributed by atoms with Crippen LogP contribution in [-0.2, 0) is 11.3 Å². The highest BCUT2D eigenvalue weighted by molar-refractivity contribution is 6.39. The standard InChI is InChI=1S/C20H20ClN3O2/c21-18-16-6-1-2-7-17(16)23-19(18)20(25)22-15-5-3-4-14(12-15)13-24-8-10-26-11-9-24/h1-7,12,23H,8-11,13H2,(H,22,25). The Hall–Kier alpha value is -2.34. The lowest BCUT2D eigenvalue weighted by atomic mass is 10.1. The number of aromatic nitrogens is 1. The van der Waals surface area contributed by atoms with Crippen molar-refractivity contribution in [2.75, 3.05) is 31.6 Å². The smallest absolute Gasteiger partial charge is 0.273 e. The molecule has 1 amide bonds. The highest BCUT2D eigenvalue weighted by atomic mass is 35.5. The summed E-state index contributed by atoms with van der Waals surface area (Å²) in [4.78, 5) is 18.1. The molecule has 1 aliphatic heterocycles. The van der Waals surface area contributed by atoms with Crippen LogP contribution in [0.25, 0.3) is 10.9 Å². The Bertz CT molecular complexity index is 932. The van der Waals surface area contributed by atoms with Crippen LogP contribution in [0.1, 0.15) is 16.1 Å². The van der Waals surface area contributed by atoms with Crippen LogP contribution < -0.4 is 5.32 Å². The van der Waals surface area contributed by atoms with E-state index < -0.39 is 0 Å². The second-order valence-electron chi connectivity index (χ2n) is 6.40. The number of morpholine rings is 1. The minimum atomic E-state index is -0.241. The topological polar surface area (TPSA) is 57.4 Å². The van der Waals surface area contributed by atoms with Crippen molar-refractivity contribution in [3.05, 3.63) is 64.8 Å². The SMILES string of the molecule is O=C(Nc1cccc(CN2CCOCC2)c1)c1[nH]c2ccccc2c1Cl. The second-order valence-corrected chi connectivity index (χ2v) is 6.78. The van der Waals surface area contributed by atoms with Gasteiger partial charge in [0.25, 0.3) is 5.91 Å². The Morgan fingerprint density at radius 2 is 1.96 bits per heavy atom. The predicted molar refractivity (Wildman–Crippen MR) is 104 cm³/mol. The molecule has 0 bridgehead atoms. The number of nitrogens with one attached hydrogen (secondary N) is 2. The van der Waals surface area contributed by atoms with Crippen molar-refractivity contribution < 1.29 is 9.53 Å². The average molecular weight is 370 g/mol. The summed E-state index contributed by atoms with van der Waals surface area (Å²) in [5, 5.41) is 4.23. The van der Waals surface area contributed by atoms with Gasteiger partial charge in [-0.05, 0) is 23.8 Å². The first-order valence-electron chi connectivity index (χ1n) is 8.67. The van der Waals surface area contributed by atoms with Gasteiger partial charge < -0.3 is 15.0 Å². The summed E-state index contributed by atoms with van der Waals surface area (Å²) < 4.78 is 5.38. The molecule has 1 saturated heterocycles. The van der Waals surface area contributed by atoms with Gasteiger partial charge in [0.15, 0.2) is 0 Å². The van der Waals surface area contributed by atoms with Crippen LogP contribution in [0.2, 0.25) is 5.02 Å². The first-order valence-corrected chi connectivity index (χ1v) is 9.05. The minimum Gasteiger partial charge on any atom is -0.379 e. The molecule has 26 heavy (non-hydrogen) atoms. The van der Waals surface area contributed by atoms with E-state index >= 15 is 0 Å². The highest BCUT2D eigenvalue weighted by Crippen LogP contribution is 2.27. The fourth-order valence-corrected chi connectivity index (χ4v) is 3.52. The number of halogens is 1. The normalized spacial score (nSPS) is 15.3. The van der Waals surface area contributed by atoms with E-state index in [-0.39, 0.29) is 5.91 Å². The second kappa shape index (κ2) is 7.50. The summed E-state index contributed by atoms with van der Waals surface area (Å²) in [5.41, 5.74) is 3.15. The molecule has 0 unspecified atom stereocenters. The van der Waals surface area contributed by atoms with Crippen LogP contribution in [0.5, 0.6) is 0 Å². The van der Waals surface area contributed by atoms with E-state index in [1.54, 1.807) is 0 Å². The van der Waals surface area contributed by atoms with E-state index in [9.17, 15) is 4.79 Å².